The molecule has 2 rings (SSSR count). The molecule has 1 amide bonds. The van der Waals surface area contributed by atoms with Crippen LogP contribution >= 0.6 is 35.3 Å². The molecule has 27 heavy (non-hydrogen) atoms. The third kappa shape index (κ3) is 8.61. The molecule has 2 aromatic rings. The van der Waals surface area contributed by atoms with Gasteiger partial charge in [0.25, 0.3) is 0 Å². The van der Waals surface area contributed by atoms with Gasteiger partial charge in [0.15, 0.2) is 5.96 Å². The van der Waals surface area contributed by atoms with Gasteiger partial charge in [-0.3, -0.25) is 4.79 Å². The highest BCUT2D eigenvalue weighted by atomic mass is 127. The van der Waals surface area contributed by atoms with E-state index in [1.807, 2.05) is 6.92 Å². The van der Waals surface area contributed by atoms with Gasteiger partial charge in [0.1, 0.15) is 12.3 Å². The van der Waals surface area contributed by atoms with Crippen LogP contribution in [-0.4, -0.2) is 36.1 Å². The zero-order chi connectivity index (χ0) is 18.9. The molecular weight excluding hydrogens is 475 g/mol. The topological polar surface area (TPSA) is 85.8 Å². The van der Waals surface area contributed by atoms with Gasteiger partial charge in [0, 0.05) is 34.4 Å². The van der Waals surface area contributed by atoms with Crippen molar-refractivity contribution in [2.45, 2.75) is 33.2 Å². The smallest absolute Gasteiger partial charge is 0.246 e. The second-order valence-corrected chi connectivity index (χ2v) is 7.42. The van der Waals surface area contributed by atoms with Crippen molar-refractivity contribution in [3.05, 3.63) is 46.2 Å². The van der Waals surface area contributed by atoms with E-state index in [9.17, 15) is 9.90 Å². The van der Waals surface area contributed by atoms with Crippen LogP contribution in [0.5, 0.6) is 5.75 Å². The van der Waals surface area contributed by atoms with Gasteiger partial charge in [-0.15, -0.1) is 35.3 Å². The molecule has 0 bridgehead atoms. The first-order valence-corrected chi connectivity index (χ1v) is 9.47. The molecule has 0 aliphatic rings. The standard InChI is InChI=1S/C19H26N4O2S.HI/c1-4-20-19(22-13(2)11-17-10-5-14(3)26-17)21-12-18(25)23-15-6-8-16(24)9-7-15;/h5-10,13,24H,4,11-12H2,1-3H3,(H,23,25)(H2,20,21,22);1H. The van der Waals surface area contributed by atoms with Gasteiger partial charge in [0.05, 0.1) is 0 Å². The fraction of sp³-hybridized carbons (Fsp3) is 0.368. The van der Waals surface area contributed by atoms with Gasteiger partial charge in [-0.25, -0.2) is 4.99 Å². The molecule has 148 valence electrons. The second-order valence-electron chi connectivity index (χ2n) is 6.05. The molecule has 0 aliphatic carbocycles. The van der Waals surface area contributed by atoms with Crippen LogP contribution in [0, 0.1) is 6.92 Å². The maximum atomic E-state index is 12.1. The number of guanidine groups is 1. The number of carbonyl (C=O) groups excluding carboxylic acids is 1. The monoisotopic (exact) mass is 502 g/mol. The zero-order valence-corrected chi connectivity index (χ0v) is 18.9. The fourth-order valence-corrected chi connectivity index (χ4v) is 3.42. The third-order valence-electron chi connectivity index (χ3n) is 3.56. The summed E-state index contributed by atoms with van der Waals surface area (Å²) in [6, 6.07) is 10.8. The van der Waals surface area contributed by atoms with E-state index in [4.69, 9.17) is 0 Å². The number of anilines is 1. The van der Waals surface area contributed by atoms with Gasteiger partial charge in [0.2, 0.25) is 5.91 Å². The van der Waals surface area contributed by atoms with E-state index in [0.29, 0.717) is 11.6 Å². The number of carbonyl (C=O) groups is 1. The summed E-state index contributed by atoms with van der Waals surface area (Å²) in [6.07, 6.45) is 0.905. The van der Waals surface area contributed by atoms with Crippen molar-refractivity contribution in [2.24, 2.45) is 4.99 Å². The van der Waals surface area contributed by atoms with Gasteiger partial charge < -0.3 is 21.1 Å². The molecule has 4 N–H and O–H groups in total. The third-order valence-corrected chi connectivity index (χ3v) is 4.59. The first-order chi connectivity index (χ1) is 12.5. The van der Waals surface area contributed by atoms with Crippen molar-refractivity contribution >= 4 is 52.9 Å². The lowest BCUT2D eigenvalue weighted by atomic mass is 10.2. The summed E-state index contributed by atoms with van der Waals surface area (Å²) >= 11 is 1.79. The molecule has 0 aliphatic heterocycles. The molecule has 1 unspecified atom stereocenters. The van der Waals surface area contributed by atoms with Gasteiger partial charge in [-0.2, -0.15) is 0 Å². The Balaban J connectivity index is 0.00000364. The van der Waals surface area contributed by atoms with Crippen molar-refractivity contribution < 1.29 is 9.90 Å². The number of thiophene rings is 1. The lowest BCUT2D eigenvalue weighted by Crippen LogP contribution is -2.43. The van der Waals surface area contributed by atoms with E-state index in [1.165, 1.54) is 21.9 Å². The predicted molar refractivity (Wildman–Crippen MR) is 123 cm³/mol. The first kappa shape index (κ1) is 23.2. The highest BCUT2D eigenvalue weighted by molar-refractivity contribution is 14.0. The fourth-order valence-electron chi connectivity index (χ4n) is 2.40. The Hall–Kier alpha value is -1.81. The van der Waals surface area contributed by atoms with E-state index in [-0.39, 0.29) is 48.2 Å². The number of phenolic OH excluding ortho intramolecular Hbond substituents is 1. The second kappa shape index (κ2) is 11.8. The maximum absolute atomic E-state index is 12.1. The number of phenols is 1. The highest BCUT2D eigenvalue weighted by Crippen LogP contribution is 2.16. The van der Waals surface area contributed by atoms with Crippen molar-refractivity contribution in [1.82, 2.24) is 10.6 Å². The Morgan fingerprint density at radius 1 is 1.22 bits per heavy atom. The predicted octanol–water partition coefficient (Wildman–Crippen LogP) is 3.50. The summed E-state index contributed by atoms with van der Waals surface area (Å²) in [5.41, 5.74) is 0.627. The van der Waals surface area contributed by atoms with E-state index in [2.05, 4.69) is 46.9 Å². The van der Waals surface area contributed by atoms with Crippen LogP contribution in [0.25, 0.3) is 0 Å². The zero-order valence-electron chi connectivity index (χ0n) is 15.8. The Morgan fingerprint density at radius 3 is 2.52 bits per heavy atom. The van der Waals surface area contributed by atoms with Crippen molar-refractivity contribution in [3.8, 4) is 5.75 Å². The van der Waals surface area contributed by atoms with Gasteiger partial charge >= 0.3 is 0 Å². The summed E-state index contributed by atoms with van der Waals surface area (Å²) in [6.45, 7) is 6.92. The van der Waals surface area contributed by atoms with Gasteiger partial charge in [-0.05, 0) is 57.2 Å². The number of aromatic hydroxyl groups is 1. The lowest BCUT2D eigenvalue weighted by Gasteiger charge is -2.17. The largest absolute Gasteiger partial charge is 0.508 e. The SMILES string of the molecule is CCNC(=NCC(=O)Nc1ccc(O)cc1)NC(C)Cc1ccc(C)s1.I. The van der Waals surface area contributed by atoms with E-state index >= 15 is 0 Å². The molecule has 0 fully saturated rings. The van der Waals surface area contributed by atoms with E-state index in [0.717, 1.165) is 13.0 Å². The number of amides is 1. The Kier molecular flexibility index (Phi) is 10.2. The number of aliphatic imine (C=N–C) groups is 1. The summed E-state index contributed by atoms with van der Waals surface area (Å²) in [4.78, 5) is 19.0. The van der Waals surface area contributed by atoms with E-state index in [1.54, 1.807) is 23.5 Å². The lowest BCUT2D eigenvalue weighted by molar-refractivity contribution is -0.114. The summed E-state index contributed by atoms with van der Waals surface area (Å²) in [5.74, 6) is 0.568. The molecule has 0 saturated carbocycles. The number of nitrogens with zero attached hydrogens (tertiary/aromatic N) is 1. The number of rotatable bonds is 7. The maximum Gasteiger partial charge on any atom is 0.246 e. The number of hydrogen-bond acceptors (Lipinski definition) is 4. The molecule has 0 saturated heterocycles. The highest BCUT2D eigenvalue weighted by Gasteiger charge is 2.09. The van der Waals surface area contributed by atoms with Crippen LogP contribution in [0.2, 0.25) is 0 Å². The Bertz CT molecular complexity index is 746. The quantitative estimate of drug-likeness (QED) is 0.202. The van der Waals surface area contributed by atoms with E-state index < -0.39 is 0 Å². The van der Waals surface area contributed by atoms with Crippen LogP contribution in [0.15, 0.2) is 41.4 Å². The average Bonchev–Trinajstić information content (AvgIpc) is 2.99. The average molecular weight is 502 g/mol. The minimum atomic E-state index is -0.213. The van der Waals surface area contributed by atoms with Crippen LogP contribution in [-0.2, 0) is 11.2 Å². The molecule has 8 heteroatoms. The number of hydrogen-bond donors (Lipinski definition) is 4. The van der Waals surface area contributed by atoms with Crippen LogP contribution in [0.3, 0.4) is 0 Å². The Morgan fingerprint density at radius 2 is 1.93 bits per heavy atom. The number of nitrogens with one attached hydrogen (secondary N) is 3. The molecule has 1 aromatic carbocycles. The summed E-state index contributed by atoms with van der Waals surface area (Å²) in [7, 11) is 0. The van der Waals surface area contributed by atoms with Crippen molar-refractivity contribution in [2.75, 3.05) is 18.4 Å². The minimum Gasteiger partial charge on any atom is -0.508 e. The number of halogens is 1. The molecular formula is C19H27IN4O2S. The molecule has 0 spiro atoms. The van der Waals surface area contributed by atoms with Crippen LogP contribution in [0.4, 0.5) is 5.69 Å². The van der Waals surface area contributed by atoms with Crippen molar-refractivity contribution in [1.29, 1.82) is 0 Å². The summed E-state index contributed by atoms with van der Waals surface area (Å²) < 4.78 is 0. The molecule has 1 heterocycles. The summed E-state index contributed by atoms with van der Waals surface area (Å²) in [5, 5.41) is 18.5. The Labute approximate surface area is 181 Å². The molecule has 1 atom stereocenters. The van der Waals surface area contributed by atoms with Gasteiger partial charge in [-0.1, -0.05) is 0 Å². The van der Waals surface area contributed by atoms with Crippen molar-refractivity contribution in [3.63, 3.8) is 0 Å². The molecule has 0 radical (unpaired) electrons. The molecule has 1 aromatic heterocycles. The minimum absolute atomic E-state index is 0. The number of aryl methyl sites for hydroxylation is 1. The molecule has 6 nitrogen and oxygen atoms in total. The number of benzene rings is 1. The van der Waals surface area contributed by atoms with Crippen LogP contribution in [0.1, 0.15) is 23.6 Å². The first-order valence-electron chi connectivity index (χ1n) is 8.65. The van der Waals surface area contributed by atoms with Crippen LogP contribution < -0.4 is 16.0 Å². The normalized spacial score (nSPS) is 12.0.